The van der Waals surface area contributed by atoms with Gasteiger partial charge in [-0.15, -0.1) is 0 Å². The zero-order valence-electron chi connectivity index (χ0n) is 13.5. The van der Waals surface area contributed by atoms with E-state index in [2.05, 4.69) is 29.1 Å². The molecule has 1 heterocycles. The van der Waals surface area contributed by atoms with Crippen LogP contribution < -0.4 is 15.2 Å². The van der Waals surface area contributed by atoms with Crippen molar-refractivity contribution in [2.24, 2.45) is 10.6 Å². The molecule has 0 spiro atoms. The molecule has 1 aliphatic carbocycles. The van der Waals surface area contributed by atoms with E-state index in [0.717, 1.165) is 12.2 Å². The Kier molecular flexibility index (Phi) is 4.18. The first-order valence-electron chi connectivity index (χ1n) is 7.60. The highest BCUT2D eigenvalue weighted by atomic mass is 32.2. The number of benzene rings is 1. The summed E-state index contributed by atoms with van der Waals surface area (Å²) in [5, 5.41) is 8.10. The van der Waals surface area contributed by atoms with Crippen molar-refractivity contribution in [1.82, 2.24) is 9.97 Å². The van der Waals surface area contributed by atoms with Gasteiger partial charge in [0.1, 0.15) is 11.9 Å². The van der Waals surface area contributed by atoms with Gasteiger partial charge in [0.25, 0.3) is 10.0 Å². The first kappa shape index (κ1) is 16.7. The Balaban J connectivity index is 1.73. The van der Waals surface area contributed by atoms with Crippen molar-refractivity contribution in [3.8, 4) is 5.75 Å². The van der Waals surface area contributed by atoms with Crippen LogP contribution in [-0.2, 0) is 10.0 Å². The predicted molar refractivity (Wildman–Crippen MR) is 90.1 cm³/mol. The van der Waals surface area contributed by atoms with Crippen molar-refractivity contribution in [1.29, 1.82) is 0 Å². The predicted octanol–water partition coefficient (Wildman–Crippen LogP) is 1.78. The summed E-state index contributed by atoms with van der Waals surface area (Å²) >= 11 is 0. The van der Waals surface area contributed by atoms with Gasteiger partial charge in [-0.25, -0.2) is 23.5 Å². The summed E-state index contributed by atoms with van der Waals surface area (Å²) in [4.78, 5) is 7.89. The molecule has 0 unspecified atom stereocenters. The topological polar surface area (TPSA) is 107 Å². The summed E-state index contributed by atoms with van der Waals surface area (Å²) in [6, 6.07) is 9.62. The second kappa shape index (κ2) is 6.03. The number of rotatable bonds is 5. The number of nitrogens with two attached hydrogens (primary N) is 1. The van der Waals surface area contributed by atoms with E-state index in [0.29, 0.717) is 0 Å². The van der Waals surface area contributed by atoms with Gasteiger partial charge in [-0.2, -0.15) is 0 Å². The molecule has 0 bridgehead atoms. The molecule has 2 atom stereocenters. The van der Waals surface area contributed by atoms with Crippen LogP contribution >= 0.6 is 0 Å². The Morgan fingerprint density at radius 2 is 1.88 bits per heavy atom. The van der Waals surface area contributed by atoms with E-state index in [-0.39, 0.29) is 28.4 Å². The molecule has 0 aliphatic heterocycles. The number of hydrogen-bond donors (Lipinski definition) is 2. The van der Waals surface area contributed by atoms with Crippen molar-refractivity contribution in [2.75, 3.05) is 5.32 Å². The van der Waals surface area contributed by atoms with Crippen LogP contribution in [0.3, 0.4) is 0 Å². The van der Waals surface area contributed by atoms with Crippen molar-refractivity contribution in [3.05, 3.63) is 42.7 Å². The van der Waals surface area contributed by atoms with Crippen LogP contribution in [-0.4, -0.2) is 30.5 Å². The molecule has 24 heavy (non-hydrogen) atoms. The van der Waals surface area contributed by atoms with Gasteiger partial charge in [0.05, 0.1) is 0 Å². The Labute approximate surface area is 141 Å². The highest BCUT2D eigenvalue weighted by Crippen LogP contribution is 2.44. The first-order valence-corrected chi connectivity index (χ1v) is 9.15. The van der Waals surface area contributed by atoms with Crippen LogP contribution in [0.2, 0.25) is 0 Å². The average molecular weight is 348 g/mol. The third kappa shape index (κ3) is 3.20. The summed E-state index contributed by atoms with van der Waals surface area (Å²) < 4.78 is 29.3. The van der Waals surface area contributed by atoms with Crippen LogP contribution in [0.1, 0.15) is 20.3 Å². The molecule has 0 amide bonds. The Morgan fingerprint density at radius 3 is 2.50 bits per heavy atom. The third-order valence-corrected chi connectivity index (χ3v) is 5.28. The summed E-state index contributed by atoms with van der Waals surface area (Å²) in [5.41, 5.74) is -0.205. The van der Waals surface area contributed by atoms with Gasteiger partial charge >= 0.3 is 0 Å². The maximum absolute atomic E-state index is 11.6. The van der Waals surface area contributed by atoms with Gasteiger partial charge in [0.2, 0.25) is 5.03 Å². The molecule has 128 valence electrons. The lowest BCUT2D eigenvalue weighted by atomic mass is 9.64. The van der Waals surface area contributed by atoms with Crippen molar-refractivity contribution in [2.45, 2.75) is 37.4 Å². The smallest absolute Gasteiger partial charge is 0.259 e. The third-order valence-electron chi connectivity index (χ3n) is 4.44. The van der Waals surface area contributed by atoms with E-state index in [1.54, 1.807) is 0 Å². The van der Waals surface area contributed by atoms with E-state index in [4.69, 9.17) is 9.88 Å². The molecule has 1 saturated carbocycles. The van der Waals surface area contributed by atoms with Crippen molar-refractivity contribution < 1.29 is 13.2 Å². The number of nitrogens with zero attached hydrogens (tertiary/aromatic N) is 2. The number of ether oxygens (including phenoxy) is 1. The number of nitrogens with one attached hydrogen (secondary N) is 1. The minimum absolute atomic E-state index is 0.00316. The largest absolute Gasteiger partial charge is 0.490 e. The lowest BCUT2D eigenvalue weighted by Gasteiger charge is -2.51. The number of anilines is 1. The monoisotopic (exact) mass is 348 g/mol. The fourth-order valence-corrected chi connectivity index (χ4v) is 3.38. The maximum Gasteiger partial charge on any atom is 0.259 e. The number of primary sulfonamides is 1. The molecule has 1 aliphatic rings. The second-order valence-electron chi connectivity index (χ2n) is 6.43. The fourth-order valence-electron chi connectivity index (χ4n) is 2.79. The number of para-hydroxylation sites is 1. The Hall–Kier alpha value is -2.19. The second-order valence-corrected chi connectivity index (χ2v) is 7.91. The van der Waals surface area contributed by atoms with Crippen molar-refractivity contribution >= 4 is 15.8 Å². The number of aromatic nitrogens is 2. The normalized spacial score (nSPS) is 22.5. The zero-order valence-corrected chi connectivity index (χ0v) is 14.3. The highest BCUT2D eigenvalue weighted by Gasteiger charge is 2.50. The van der Waals surface area contributed by atoms with Gasteiger partial charge in [-0.3, -0.25) is 0 Å². The molecule has 0 radical (unpaired) electrons. The minimum Gasteiger partial charge on any atom is -0.490 e. The molecular formula is C16H20N4O3S. The molecule has 1 aromatic carbocycles. The summed E-state index contributed by atoms with van der Waals surface area (Å²) in [5.74, 6) is 0.995. The van der Waals surface area contributed by atoms with Gasteiger partial charge in [-0.05, 0) is 12.1 Å². The van der Waals surface area contributed by atoms with Crippen molar-refractivity contribution in [3.63, 3.8) is 0 Å². The van der Waals surface area contributed by atoms with E-state index in [9.17, 15) is 8.42 Å². The average Bonchev–Trinajstić information content (AvgIpc) is 2.54. The zero-order chi connectivity index (χ0) is 17.4. The molecule has 3 rings (SSSR count). The first-order chi connectivity index (χ1) is 11.3. The minimum atomic E-state index is -3.93. The van der Waals surface area contributed by atoms with E-state index in [1.165, 1.54) is 12.4 Å². The molecular weight excluding hydrogens is 328 g/mol. The molecule has 3 N–H and O–H groups in total. The maximum atomic E-state index is 11.6. The van der Waals surface area contributed by atoms with Gasteiger partial charge < -0.3 is 10.1 Å². The van der Waals surface area contributed by atoms with Crippen LogP contribution in [0.15, 0.2) is 47.8 Å². The van der Waals surface area contributed by atoms with Gasteiger partial charge in [0.15, 0.2) is 5.82 Å². The molecule has 1 aromatic heterocycles. The molecule has 0 saturated heterocycles. The highest BCUT2D eigenvalue weighted by molar-refractivity contribution is 7.89. The summed E-state index contributed by atoms with van der Waals surface area (Å²) in [6.07, 6.45) is 3.48. The Morgan fingerprint density at radius 1 is 1.21 bits per heavy atom. The standard InChI is InChI=1S/C16H20N4O3S/c1-16(2)12(10-13(16)23-11-6-4-3-5-7-11)20-14-15(24(17,21)22)19-9-8-18-14/h3-9,12-13H,10H2,1-2H3,(H,18,20)(H2,17,21,22)/t12-,13+/m1/s1. The molecule has 7 nitrogen and oxygen atoms in total. The van der Waals surface area contributed by atoms with Crippen LogP contribution in [0.5, 0.6) is 5.75 Å². The quantitative estimate of drug-likeness (QED) is 0.853. The Bertz CT molecular complexity index is 824. The van der Waals surface area contributed by atoms with E-state index in [1.807, 2.05) is 30.3 Å². The molecule has 8 heteroatoms. The lowest BCUT2D eigenvalue weighted by Crippen LogP contribution is -2.59. The summed E-state index contributed by atoms with van der Waals surface area (Å²) in [6.45, 7) is 4.13. The van der Waals surface area contributed by atoms with E-state index < -0.39 is 10.0 Å². The fraction of sp³-hybridized carbons (Fsp3) is 0.375. The SMILES string of the molecule is CC1(C)[C@@H](Oc2ccccc2)C[C@H]1Nc1nccnc1S(N)(=O)=O. The van der Waals surface area contributed by atoms with E-state index >= 15 is 0 Å². The molecule has 1 fully saturated rings. The number of sulfonamides is 1. The van der Waals surface area contributed by atoms with Crippen LogP contribution in [0.25, 0.3) is 0 Å². The van der Waals surface area contributed by atoms with Crippen LogP contribution in [0, 0.1) is 5.41 Å². The summed E-state index contributed by atoms with van der Waals surface area (Å²) in [7, 11) is -3.93. The molecule has 2 aromatic rings. The lowest BCUT2D eigenvalue weighted by molar-refractivity contribution is -0.0322. The number of hydrogen-bond acceptors (Lipinski definition) is 6. The van der Waals surface area contributed by atoms with Gasteiger partial charge in [0, 0.05) is 30.3 Å². The van der Waals surface area contributed by atoms with Crippen LogP contribution in [0.4, 0.5) is 5.82 Å². The van der Waals surface area contributed by atoms with Gasteiger partial charge in [-0.1, -0.05) is 32.0 Å².